The van der Waals surface area contributed by atoms with Crippen molar-refractivity contribution in [3.8, 4) is 11.1 Å². The molecule has 0 aliphatic carbocycles. The van der Waals surface area contributed by atoms with Crippen molar-refractivity contribution in [1.29, 1.82) is 0 Å². The highest BCUT2D eigenvalue weighted by atomic mass is 19.1. The average Bonchev–Trinajstić information content (AvgIpc) is 2.19. The molecule has 0 atom stereocenters. The molecule has 1 aromatic carbocycles. The molecule has 0 aliphatic heterocycles. The van der Waals surface area contributed by atoms with Crippen LogP contribution in [-0.4, -0.2) is 4.98 Å². The fourth-order valence-corrected chi connectivity index (χ4v) is 1.15. The van der Waals surface area contributed by atoms with Gasteiger partial charge in [0.05, 0.1) is 0 Å². The molecule has 1 aromatic heterocycles. The van der Waals surface area contributed by atoms with Gasteiger partial charge in [0.2, 0.25) is 5.95 Å². The maximum atomic E-state index is 12.7. The van der Waals surface area contributed by atoms with Gasteiger partial charge in [0.25, 0.3) is 0 Å². The maximum Gasteiger partial charge on any atom is 0.213 e. The molecule has 0 N–H and O–H groups in total. The van der Waals surface area contributed by atoms with E-state index in [1.54, 1.807) is 12.1 Å². The van der Waals surface area contributed by atoms with Gasteiger partial charge in [-0.05, 0) is 29.3 Å². The summed E-state index contributed by atoms with van der Waals surface area (Å²) in [5.74, 6) is -0.457. The summed E-state index contributed by atoms with van der Waals surface area (Å²) in [7, 11) is 0. The molecular formula is C11H7FN. The van der Waals surface area contributed by atoms with Crippen molar-refractivity contribution < 1.29 is 4.39 Å². The van der Waals surface area contributed by atoms with Crippen LogP contribution >= 0.6 is 0 Å². The zero-order chi connectivity index (χ0) is 9.10. The van der Waals surface area contributed by atoms with Crippen LogP contribution in [0.25, 0.3) is 11.1 Å². The van der Waals surface area contributed by atoms with Crippen LogP contribution in [0.2, 0.25) is 0 Å². The summed E-state index contributed by atoms with van der Waals surface area (Å²) in [6, 6.07) is 13.5. The van der Waals surface area contributed by atoms with Gasteiger partial charge in [-0.1, -0.05) is 18.2 Å². The number of benzene rings is 1. The Kier molecular flexibility index (Phi) is 2.04. The van der Waals surface area contributed by atoms with Crippen molar-refractivity contribution in [2.75, 3.05) is 0 Å². The van der Waals surface area contributed by atoms with Gasteiger partial charge in [-0.3, -0.25) is 0 Å². The van der Waals surface area contributed by atoms with Crippen molar-refractivity contribution in [2.45, 2.75) is 0 Å². The van der Waals surface area contributed by atoms with Gasteiger partial charge in [0, 0.05) is 12.3 Å². The van der Waals surface area contributed by atoms with Crippen molar-refractivity contribution in [1.82, 2.24) is 4.98 Å². The summed E-state index contributed by atoms with van der Waals surface area (Å²) in [6.07, 6.45) is 1.46. The molecule has 0 aliphatic rings. The van der Waals surface area contributed by atoms with Gasteiger partial charge in [-0.25, -0.2) is 4.98 Å². The van der Waals surface area contributed by atoms with Gasteiger partial charge in [-0.15, -0.1) is 0 Å². The number of nitrogens with zero attached hydrogens (tertiary/aromatic N) is 1. The molecule has 0 bridgehead atoms. The molecule has 2 heteroatoms. The van der Waals surface area contributed by atoms with Gasteiger partial charge in [0.15, 0.2) is 0 Å². The molecule has 1 nitrogen and oxygen atoms in total. The first-order valence-corrected chi connectivity index (χ1v) is 3.94. The van der Waals surface area contributed by atoms with Crippen molar-refractivity contribution in [2.24, 2.45) is 0 Å². The van der Waals surface area contributed by atoms with E-state index in [0.717, 1.165) is 11.1 Å². The number of rotatable bonds is 1. The van der Waals surface area contributed by atoms with Crippen LogP contribution in [-0.2, 0) is 0 Å². The third kappa shape index (κ3) is 1.72. The minimum absolute atomic E-state index is 0.457. The van der Waals surface area contributed by atoms with Crippen molar-refractivity contribution in [3.63, 3.8) is 0 Å². The summed E-state index contributed by atoms with van der Waals surface area (Å²) < 4.78 is 12.7. The van der Waals surface area contributed by atoms with Crippen LogP contribution in [0.15, 0.2) is 42.6 Å². The standard InChI is InChI=1S/C11H7FN/c12-11-8-10(6-7-13-11)9-4-2-1-3-5-9/h1-2,4-8H. The molecule has 2 aromatic rings. The fourth-order valence-electron chi connectivity index (χ4n) is 1.15. The summed E-state index contributed by atoms with van der Waals surface area (Å²) in [4.78, 5) is 3.49. The van der Waals surface area contributed by atoms with Crippen LogP contribution in [0, 0.1) is 12.0 Å². The first kappa shape index (κ1) is 7.92. The van der Waals surface area contributed by atoms with E-state index in [9.17, 15) is 4.39 Å². The minimum atomic E-state index is -0.457. The van der Waals surface area contributed by atoms with E-state index in [1.807, 2.05) is 18.2 Å². The van der Waals surface area contributed by atoms with Crippen LogP contribution in [0.4, 0.5) is 4.39 Å². The highest BCUT2D eigenvalue weighted by Gasteiger charge is 1.97. The molecule has 0 saturated heterocycles. The molecule has 0 unspecified atom stereocenters. The quantitative estimate of drug-likeness (QED) is 0.602. The van der Waals surface area contributed by atoms with Crippen LogP contribution in [0.3, 0.4) is 0 Å². The topological polar surface area (TPSA) is 12.9 Å². The summed E-state index contributed by atoms with van der Waals surface area (Å²) >= 11 is 0. The largest absolute Gasteiger partial charge is 0.228 e. The van der Waals surface area contributed by atoms with E-state index in [4.69, 9.17) is 0 Å². The molecule has 0 fully saturated rings. The molecule has 2 rings (SSSR count). The number of hydrogen-bond donors (Lipinski definition) is 0. The highest BCUT2D eigenvalue weighted by molar-refractivity contribution is 5.62. The molecule has 1 heterocycles. The zero-order valence-electron chi connectivity index (χ0n) is 6.87. The first-order valence-electron chi connectivity index (χ1n) is 3.94. The van der Waals surface area contributed by atoms with E-state index in [2.05, 4.69) is 11.1 Å². The Hall–Kier alpha value is -1.70. The SMILES string of the molecule is Fc1cc(-c2c[c]ccc2)ccn1. The maximum absolute atomic E-state index is 12.7. The predicted molar refractivity (Wildman–Crippen MR) is 48.5 cm³/mol. The lowest BCUT2D eigenvalue weighted by Crippen LogP contribution is -1.82. The van der Waals surface area contributed by atoms with Crippen LogP contribution in [0.1, 0.15) is 0 Å². The molecule has 0 amide bonds. The van der Waals surface area contributed by atoms with Crippen LogP contribution < -0.4 is 0 Å². The summed E-state index contributed by atoms with van der Waals surface area (Å²) in [5, 5.41) is 0. The Labute approximate surface area is 75.9 Å². The van der Waals surface area contributed by atoms with E-state index in [0.29, 0.717) is 0 Å². The van der Waals surface area contributed by atoms with Crippen molar-refractivity contribution in [3.05, 3.63) is 54.6 Å². The van der Waals surface area contributed by atoms with Gasteiger partial charge in [-0.2, -0.15) is 4.39 Å². The number of aromatic nitrogens is 1. The smallest absolute Gasteiger partial charge is 0.213 e. The monoisotopic (exact) mass is 172 g/mol. The minimum Gasteiger partial charge on any atom is -0.228 e. The molecule has 0 spiro atoms. The Balaban J connectivity index is 2.48. The summed E-state index contributed by atoms with van der Waals surface area (Å²) in [5.41, 5.74) is 1.77. The Morgan fingerprint density at radius 1 is 1.23 bits per heavy atom. The third-order valence-corrected chi connectivity index (χ3v) is 1.77. The van der Waals surface area contributed by atoms with Crippen LogP contribution in [0.5, 0.6) is 0 Å². The average molecular weight is 172 g/mol. The van der Waals surface area contributed by atoms with E-state index >= 15 is 0 Å². The predicted octanol–water partition coefficient (Wildman–Crippen LogP) is 2.69. The molecular weight excluding hydrogens is 165 g/mol. The van der Waals surface area contributed by atoms with Gasteiger partial charge in [0.1, 0.15) is 0 Å². The molecule has 13 heavy (non-hydrogen) atoms. The number of pyridine rings is 1. The lowest BCUT2D eigenvalue weighted by atomic mass is 10.1. The second-order valence-corrected chi connectivity index (χ2v) is 2.66. The lowest BCUT2D eigenvalue weighted by Gasteiger charge is -1.99. The second-order valence-electron chi connectivity index (χ2n) is 2.66. The zero-order valence-corrected chi connectivity index (χ0v) is 6.87. The summed E-state index contributed by atoms with van der Waals surface area (Å²) in [6.45, 7) is 0. The fraction of sp³-hybridized carbons (Fsp3) is 0. The Morgan fingerprint density at radius 3 is 2.85 bits per heavy atom. The molecule has 1 radical (unpaired) electrons. The Bertz CT molecular complexity index is 398. The van der Waals surface area contributed by atoms with E-state index < -0.39 is 5.95 Å². The molecule has 63 valence electrons. The normalized spacial score (nSPS) is 9.92. The van der Waals surface area contributed by atoms with E-state index in [-0.39, 0.29) is 0 Å². The van der Waals surface area contributed by atoms with Gasteiger partial charge >= 0.3 is 0 Å². The second kappa shape index (κ2) is 3.35. The third-order valence-electron chi connectivity index (χ3n) is 1.77. The number of hydrogen-bond acceptors (Lipinski definition) is 1. The van der Waals surface area contributed by atoms with Crippen molar-refractivity contribution >= 4 is 0 Å². The highest BCUT2D eigenvalue weighted by Crippen LogP contribution is 2.17. The van der Waals surface area contributed by atoms with Gasteiger partial charge < -0.3 is 0 Å². The number of halogens is 1. The Morgan fingerprint density at radius 2 is 2.15 bits per heavy atom. The lowest BCUT2D eigenvalue weighted by molar-refractivity contribution is 0.584. The molecule has 0 saturated carbocycles. The first-order chi connectivity index (χ1) is 6.36. The van der Waals surface area contributed by atoms with E-state index in [1.165, 1.54) is 12.3 Å².